The first kappa shape index (κ1) is 20.2. The number of likely N-dealkylation sites (N-methyl/N-ethyl adjacent to an activating group) is 1. The Morgan fingerprint density at radius 3 is 2.74 bits per heavy atom. The number of benzene rings is 2. The SMILES string of the molecule is CN(CCOc1cccc(CNCc2ccccc2Cl)c1)C1CCOCC1. The molecule has 0 atom stereocenters. The lowest BCUT2D eigenvalue weighted by Crippen LogP contribution is -2.38. The van der Waals surface area contributed by atoms with Crippen LogP contribution in [0.1, 0.15) is 24.0 Å². The quantitative estimate of drug-likeness (QED) is 0.700. The minimum atomic E-state index is 0.614. The third-order valence-electron chi connectivity index (χ3n) is 5.03. The minimum Gasteiger partial charge on any atom is -0.492 e. The lowest BCUT2D eigenvalue weighted by atomic mass is 10.1. The highest BCUT2D eigenvalue weighted by atomic mass is 35.5. The predicted molar refractivity (Wildman–Crippen MR) is 110 cm³/mol. The van der Waals surface area contributed by atoms with E-state index in [0.717, 1.165) is 62.0 Å². The second-order valence-electron chi connectivity index (χ2n) is 7.01. The molecule has 2 aromatic carbocycles. The minimum absolute atomic E-state index is 0.614. The summed E-state index contributed by atoms with van der Waals surface area (Å²) in [6.45, 7) is 4.91. The summed E-state index contributed by atoms with van der Waals surface area (Å²) in [6, 6.07) is 16.8. The summed E-state index contributed by atoms with van der Waals surface area (Å²) in [4.78, 5) is 2.39. The van der Waals surface area contributed by atoms with Gasteiger partial charge in [-0.1, -0.05) is 41.9 Å². The third kappa shape index (κ3) is 6.51. The van der Waals surface area contributed by atoms with Crippen LogP contribution in [0.25, 0.3) is 0 Å². The Morgan fingerprint density at radius 2 is 1.93 bits per heavy atom. The van der Waals surface area contributed by atoms with Crippen molar-refractivity contribution in [1.29, 1.82) is 0 Å². The zero-order valence-electron chi connectivity index (χ0n) is 16.0. The summed E-state index contributed by atoms with van der Waals surface area (Å²) in [5.41, 5.74) is 2.32. The third-order valence-corrected chi connectivity index (χ3v) is 5.40. The molecule has 1 heterocycles. The van der Waals surface area contributed by atoms with Crippen molar-refractivity contribution in [2.24, 2.45) is 0 Å². The van der Waals surface area contributed by atoms with Crippen molar-refractivity contribution in [2.75, 3.05) is 33.4 Å². The fourth-order valence-corrected chi connectivity index (χ4v) is 3.55. The first-order chi connectivity index (χ1) is 13.2. The molecule has 146 valence electrons. The highest BCUT2D eigenvalue weighted by Crippen LogP contribution is 2.17. The van der Waals surface area contributed by atoms with Crippen molar-refractivity contribution in [2.45, 2.75) is 32.0 Å². The van der Waals surface area contributed by atoms with Gasteiger partial charge in [-0.15, -0.1) is 0 Å². The van der Waals surface area contributed by atoms with Gasteiger partial charge in [0.1, 0.15) is 12.4 Å². The van der Waals surface area contributed by atoms with E-state index >= 15 is 0 Å². The average molecular weight is 389 g/mol. The van der Waals surface area contributed by atoms with E-state index in [9.17, 15) is 0 Å². The standard InChI is InChI=1S/C22H29ClN2O2/c1-25(20-9-12-26-13-10-20)11-14-27-21-7-4-5-18(15-21)16-24-17-19-6-2-3-8-22(19)23/h2-8,15,20,24H,9-14,16-17H2,1H3. The van der Waals surface area contributed by atoms with Crippen LogP contribution < -0.4 is 10.1 Å². The molecule has 0 bridgehead atoms. The van der Waals surface area contributed by atoms with Gasteiger partial charge in [-0.2, -0.15) is 0 Å². The average Bonchev–Trinajstić information content (AvgIpc) is 2.70. The van der Waals surface area contributed by atoms with E-state index in [1.807, 2.05) is 36.4 Å². The summed E-state index contributed by atoms with van der Waals surface area (Å²) < 4.78 is 11.4. The molecule has 27 heavy (non-hydrogen) atoms. The Labute approximate surface area is 167 Å². The zero-order valence-corrected chi connectivity index (χ0v) is 16.8. The molecular formula is C22H29ClN2O2. The molecule has 1 saturated heterocycles. The first-order valence-electron chi connectivity index (χ1n) is 9.66. The fraction of sp³-hybridized carbons (Fsp3) is 0.455. The molecule has 0 radical (unpaired) electrons. The molecule has 1 fully saturated rings. The maximum atomic E-state index is 6.20. The largest absolute Gasteiger partial charge is 0.492 e. The lowest BCUT2D eigenvalue weighted by molar-refractivity contribution is 0.0392. The maximum absolute atomic E-state index is 6.20. The fourth-order valence-electron chi connectivity index (χ4n) is 3.34. The van der Waals surface area contributed by atoms with E-state index in [4.69, 9.17) is 21.1 Å². The molecule has 0 aromatic heterocycles. The summed E-state index contributed by atoms with van der Waals surface area (Å²) in [5.74, 6) is 0.924. The van der Waals surface area contributed by atoms with Crippen LogP contribution >= 0.6 is 11.6 Å². The van der Waals surface area contributed by atoms with Crippen molar-refractivity contribution >= 4 is 11.6 Å². The first-order valence-corrected chi connectivity index (χ1v) is 10.0. The summed E-state index contributed by atoms with van der Waals surface area (Å²) >= 11 is 6.20. The van der Waals surface area contributed by atoms with Gasteiger partial charge in [-0.25, -0.2) is 0 Å². The van der Waals surface area contributed by atoms with E-state index in [-0.39, 0.29) is 0 Å². The van der Waals surface area contributed by atoms with Gasteiger partial charge in [0.2, 0.25) is 0 Å². The van der Waals surface area contributed by atoms with Gasteiger partial charge in [-0.3, -0.25) is 4.90 Å². The molecule has 2 aromatic rings. The van der Waals surface area contributed by atoms with Gasteiger partial charge in [0.25, 0.3) is 0 Å². The summed E-state index contributed by atoms with van der Waals surface area (Å²) in [6.07, 6.45) is 2.23. The molecule has 0 unspecified atom stereocenters. The number of rotatable bonds is 9. The molecular weight excluding hydrogens is 360 g/mol. The van der Waals surface area contributed by atoms with E-state index < -0.39 is 0 Å². The smallest absolute Gasteiger partial charge is 0.119 e. The molecule has 1 aliphatic heterocycles. The molecule has 0 spiro atoms. The lowest BCUT2D eigenvalue weighted by Gasteiger charge is -2.31. The second kappa shape index (κ2) is 10.7. The number of halogens is 1. The van der Waals surface area contributed by atoms with Crippen molar-refractivity contribution in [3.8, 4) is 5.75 Å². The topological polar surface area (TPSA) is 33.7 Å². The molecule has 5 heteroatoms. The Kier molecular flexibility index (Phi) is 7.96. The molecule has 1 N–H and O–H groups in total. The van der Waals surface area contributed by atoms with Gasteiger partial charge >= 0.3 is 0 Å². The molecule has 4 nitrogen and oxygen atoms in total. The van der Waals surface area contributed by atoms with Crippen LogP contribution in [0.3, 0.4) is 0 Å². The molecule has 1 aliphatic rings. The van der Waals surface area contributed by atoms with Gasteiger partial charge in [0.15, 0.2) is 0 Å². The van der Waals surface area contributed by atoms with Crippen LogP contribution in [-0.2, 0) is 17.8 Å². The van der Waals surface area contributed by atoms with Crippen molar-refractivity contribution in [3.63, 3.8) is 0 Å². The van der Waals surface area contributed by atoms with E-state index in [2.05, 4.69) is 29.4 Å². The van der Waals surface area contributed by atoms with Crippen molar-refractivity contribution < 1.29 is 9.47 Å². The zero-order chi connectivity index (χ0) is 18.9. The Bertz CT molecular complexity index is 704. The van der Waals surface area contributed by atoms with Gasteiger partial charge in [0, 0.05) is 43.9 Å². The normalized spacial score (nSPS) is 15.2. The van der Waals surface area contributed by atoms with Crippen LogP contribution in [0.4, 0.5) is 0 Å². The van der Waals surface area contributed by atoms with Crippen LogP contribution in [0, 0.1) is 0 Å². The molecule has 0 aliphatic carbocycles. The van der Waals surface area contributed by atoms with Crippen LogP contribution in [0.2, 0.25) is 5.02 Å². The highest BCUT2D eigenvalue weighted by molar-refractivity contribution is 6.31. The van der Waals surface area contributed by atoms with Crippen LogP contribution in [0.5, 0.6) is 5.75 Å². The second-order valence-corrected chi connectivity index (χ2v) is 7.42. The number of hydrogen-bond acceptors (Lipinski definition) is 4. The van der Waals surface area contributed by atoms with E-state index in [0.29, 0.717) is 12.6 Å². The Hall–Kier alpha value is -1.59. The van der Waals surface area contributed by atoms with E-state index in [1.165, 1.54) is 5.56 Å². The number of ether oxygens (including phenoxy) is 2. The summed E-state index contributed by atoms with van der Waals surface area (Å²) in [5, 5.41) is 4.24. The van der Waals surface area contributed by atoms with E-state index in [1.54, 1.807) is 0 Å². The van der Waals surface area contributed by atoms with Gasteiger partial charge in [0.05, 0.1) is 0 Å². The van der Waals surface area contributed by atoms with Crippen LogP contribution in [-0.4, -0.2) is 44.4 Å². The molecule has 0 amide bonds. The number of hydrogen-bond donors (Lipinski definition) is 1. The predicted octanol–water partition coefficient (Wildman–Crippen LogP) is 4.12. The molecule has 0 saturated carbocycles. The monoisotopic (exact) mass is 388 g/mol. The number of nitrogens with zero attached hydrogens (tertiary/aromatic N) is 1. The van der Waals surface area contributed by atoms with Crippen LogP contribution in [0.15, 0.2) is 48.5 Å². The van der Waals surface area contributed by atoms with Crippen molar-refractivity contribution in [1.82, 2.24) is 10.2 Å². The van der Waals surface area contributed by atoms with Crippen molar-refractivity contribution in [3.05, 3.63) is 64.7 Å². The highest BCUT2D eigenvalue weighted by Gasteiger charge is 2.17. The Morgan fingerprint density at radius 1 is 1.11 bits per heavy atom. The summed E-state index contributed by atoms with van der Waals surface area (Å²) in [7, 11) is 2.18. The maximum Gasteiger partial charge on any atom is 0.119 e. The number of nitrogens with one attached hydrogen (secondary N) is 1. The van der Waals surface area contributed by atoms with Gasteiger partial charge in [-0.05, 0) is 49.2 Å². The Balaban J connectivity index is 1.41. The van der Waals surface area contributed by atoms with Gasteiger partial charge < -0.3 is 14.8 Å². The molecule has 3 rings (SSSR count).